The van der Waals surface area contributed by atoms with Crippen molar-refractivity contribution in [2.24, 2.45) is 0 Å². The minimum absolute atomic E-state index is 0.332. The number of hydrogen-bond acceptors (Lipinski definition) is 3. The van der Waals surface area contributed by atoms with E-state index < -0.39 is 6.43 Å². The topological polar surface area (TPSA) is 43.1 Å². The molecule has 2 aromatic heterocycles. The summed E-state index contributed by atoms with van der Waals surface area (Å²) in [6.45, 7) is 0. The number of fused-ring (bicyclic) bond motifs is 1. The van der Waals surface area contributed by atoms with Gasteiger partial charge in [0, 0.05) is 18.0 Å². The minimum Gasteiger partial charge on any atom is -0.278 e. The number of nitrogens with zero attached hydrogens (tertiary/aromatic N) is 4. The molecule has 2 heterocycles. The first-order chi connectivity index (χ1) is 8.77. The zero-order chi connectivity index (χ0) is 12.5. The van der Waals surface area contributed by atoms with Gasteiger partial charge in [-0.3, -0.25) is 9.38 Å². The van der Waals surface area contributed by atoms with E-state index in [0.717, 1.165) is 5.56 Å². The average Bonchev–Trinajstić information content (AvgIpc) is 2.83. The fourth-order valence-electron chi connectivity index (χ4n) is 1.79. The molecule has 4 nitrogen and oxygen atoms in total. The molecule has 1 aromatic carbocycles. The van der Waals surface area contributed by atoms with Crippen LogP contribution >= 0.6 is 0 Å². The summed E-state index contributed by atoms with van der Waals surface area (Å²) in [6, 6.07) is 9.27. The number of halogens is 2. The van der Waals surface area contributed by atoms with E-state index in [1.807, 2.05) is 30.3 Å². The Labute approximate surface area is 101 Å². The van der Waals surface area contributed by atoms with Gasteiger partial charge in [0.15, 0.2) is 5.65 Å². The van der Waals surface area contributed by atoms with E-state index in [2.05, 4.69) is 15.2 Å². The molecule has 0 radical (unpaired) electrons. The first-order valence-corrected chi connectivity index (χ1v) is 5.30. The van der Waals surface area contributed by atoms with E-state index in [1.54, 1.807) is 0 Å². The molecule has 90 valence electrons. The summed E-state index contributed by atoms with van der Waals surface area (Å²) in [6.07, 6.45) is 0.236. The third-order valence-corrected chi connectivity index (χ3v) is 2.60. The van der Waals surface area contributed by atoms with Crippen molar-refractivity contribution in [3.63, 3.8) is 0 Å². The van der Waals surface area contributed by atoms with E-state index in [1.165, 1.54) is 16.8 Å². The molecule has 6 heteroatoms. The fourth-order valence-corrected chi connectivity index (χ4v) is 1.79. The van der Waals surface area contributed by atoms with Crippen LogP contribution in [-0.2, 0) is 0 Å². The average molecular weight is 246 g/mol. The van der Waals surface area contributed by atoms with Gasteiger partial charge in [0.05, 0.1) is 0 Å². The van der Waals surface area contributed by atoms with Crippen molar-refractivity contribution in [1.82, 2.24) is 19.6 Å². The molecule has 3 aromatic rings. The van der Waals surface area contributed by atoms with Gasteiger partial charge in [-0.05, 0) is 0 Å². The highest BCUT2D eigenvalue weighted by Gasteiger charge is 2.18. The molecule has 0 atom stereocenters. The van der Waals surface area contributed by atoms with Gasteiger partial charge in [-0.15, -0.1) is 10.2 Å². The predicted octanol–water partition coefficient (Wildman–Crippen LogP) is 2.73. The van der Waals surface area contributed by atoms with Crippen LogP contribution in [0.3, 0.4) is 0 Å². The van der Waals surface area contributed by atoms with Gasteiger partial charge >= 0.3 is 0 Å². The molecule has 0 unspecified atom stereocenters. The summed E-state index contributed by atoms with van der Waals surface area (Å²) in [7, 11) is 0. The van der Waals surface area contributed by atoms with Gasteiger partial charge in [-0.1, -0.05) is 30.3 Å². The highest BCUT2D eigenvalue weighted by atomic mass is 19.3. The van der Waals surface area contributed by atoms with Crippen LogP contribution in [0, 0.1) is 0 Å². The van der Waals surface area contributed by atoms with Gasteiger partial charge in [-0.25, -0.2) is 8.78 Å². The molecule has 0 aliphatic carbocycles. The van der Waals surface area contributed by atoms with Crippen LogP contribution < -0.4 is 0 Å². The lowest BCUT2D eigenvalue weighted by Gasteiger charge is -2.02. The van der Waals surface area contributed by atoms with Crippen molar-refractivity contribution in [3.8, 4) is 11.3 Å². The van der Waals surface area contributed by atoms with E-state index in [4.69, 9.17) is 0 Å². The predicted molar refractivity (Wildman–Crippen MR) is 61.2 cm³/mol. The second-order valence-corrected chi connectivity index (χ2v) is 3.69. The number of benzene rings is 1. The molecular formula is C12H8F2N4. The normalized spacial score (nSPS) is 11.3. The minimum atomic E-state index is -2.66. The van der Waals surface area contributed by atoms with Gasteiger partial charge in [0.2, 0.25) is 5.82 Å². The summed E-state index contributed by atoms with van der Waals surface area (Å²) in [5.41, 5.74) is 1.69. The monoisotopic (exact) mass is 246 g/mol. The lowest BCUT2D eigenvalue weighted by molar-refractivity contribution is 0.139. The van der Waals surface area contributed by atoms with Gasteiger partial charge in [0.1, 0.15) is 5.69 Å². The third-order valence-electron chi connectivity index (χ3n) is 2.60. The second kappa shape index (κ2) is 4.14. The molecule has 0 amide bonds. The van der Waals surface area contributed by atoms with Crippen molar-refractivity contribution >= 4 is 5.65 Å². The Bertz CT molecular complexity index is 679. The summed E-state index contributed by atoms with van der Waals surface area (Å²) in [4.78, 5) is 4.18. The quantitative estimate of drug-likeness (QED) is 0.698. The first kappa shape index (κ1) is 10.8. The maximum Gasteiger partial charge on any atom is 0.297 e. The third kappa shape index (κ3) is 1.62. The zero-order valence-corrected chi connectivity index (χ0v) is 9.16. The first-order valence-electron chi connectivity index (χ1n) is 5.30. The van der Waals surface area contributed by atoms with Crippen molar-refractivity contribution in [2.45, 2.75) is 6.43 Å². The Morgan fingerprint density at radius 2 is 1.83 bits per heavy atom. The molecule has 0 spiro atoms. The van der Waals surface area contributed by atoms with Crippen molar-refractivity contribution in [1.29, 1.82) is 0 Å². The maximum absolute atomic E-state index is 12.7. The highest BCUT2D eigenvalue weighted by molar-refractivity contribution is 5.73. The molecule has 0 saturated carbocycles. The van der Waals surface area contributed by atoms with Crippen LogP contribution in [0.1, 0.15) is 12.2 Å². The number of hydrogen-bond donors (Lipinski definition) is 0. The van der Waals surface area contributed by atoms with E-state index in [0.29, 0.717) is 11.3 Å². The maximum atomic E-state index is 12.7. The van der Waals surface area contributed by atoms with Gasteiger partial charge in [0.25, 0.3) is 6.43 Å². The van der Waals surface area contributed by atoms with Crippen LogP contribution in [0.2, 0.25) is 0 Å². The van der Waals surface area contributed by atoms with Crippen LogP contribution in [0.15, 0.2) is 42.7 Å². The molecule has 18 heavy (non-hydrogen) atoms. The SMILES string of the molecule is FC(F)c1nnc2c(-c3ccccc3)nccn12. The fraction of sp³-hybridized carbons (Fsp3) is 0.0833. The number of alkyl halides is 2. The summed E-state index contributed by atoms with van der Waals surface area (Å²) in [5, 5.41) is 7.29. The second-order valence-electron chi connectivity index (χ2n) is 3.69. The van der Waals surface area contributed by atoms with E-state index in [9.17, 15) is 8.78 Å². The van der Waals surface area contributed by atoms with Crippen molar-refractivity contribution in [3.05, 3.63) is 48.5 Å². The molecular weight excluding hydrogens is 238 g/mol. The van der Waals surface area contributed by atoms with Crippen molar-refractivity contribution in [2.75, 3.05) is 0 Å². The lowest BCUT2D eigenvalue weighted by atomic mass is 10.1. The molecule has 0 bridgehead atoms. The van der Waals surface area contributed by atoms with Crippen LogP contribution in [0.25, 0.3) is 16.9 Å². The van der Waals surface area contributed by atoms with Gasteiger partial charge < -0.3 is 0 Å². The van der Waals surface area contributed by atoms with Crippen molar-refractivity contribution < 1.29 is 8.78 Å². The highest BCUT2D eigenvalue weighted by Crippen LogP contribution is 2.23. The summed E-state index contributed by atoms with van der Waals surface area (Å²) < 4.78 is 26.7. The Kier molecular flexibility index (Phi) is 2.47. The number of aromatic nitrogens is 4. The standard InChI is InChI=1S/C12H8F2N4/c13-10(14)12-17-16-11-9(15-6-7-18(11)12)8-4-2-1-3-5-8/h1-7,10H. The Morgan fingerprint density at radius 3 is 2.56 bits per heavy atom. The van der Waals surface area contributed by atoms with Crippen LogP contribution in [-0.4, -0.2) is 19.6 Å². The molecule has 3 rings (SSSR count). The van der Waals surface area contributed by atoms with E-state index >= 15 is 0 Å². The zero-order valence-electron chi connectivity index (χ0n) is 9.16. The van der Waals surface area contributed by atoms with Crippen LogP contribution in [0.5, 0.6) is 0 Å². The molecule has 0 N–H and O–H groups in total. The van der Waals surface area contributed by atoms with Gasteiger partial charge in [-0.2, -0.15) is 0 Å². The molecule has 0 aliphatic heterocycles. The molecule has 0 fully saturated rings. The van der Waals surface area contributed by atoms with Crippen LogP contribution in [0.4, 0.5) is 8.78 Å². The number of rotatable bonds is 2. The smallest absolute Gasteiger partial charge is 0.278 e. The Hall–Kier alpha value is -2.37. The molecule has 0 saturated heterocycles. The largest absolute Gasteiger partial charge is 0.297 e. The summed E-state index contributed by atoms with van der Waals surface area (Å²) >= 11 is 0. The van der Waals surface area contributed by atoms with E-state index in [-0.39, 0.29) is 5.82 Å². The Balaban J connectivity index is 2.26. The Morgan fingerprint density at radius 1 is 1.06 bits per heavy atom. The molecule has 0 aliphatic rings. The summed E-state index contributed by atoms with van der Waals surface area (Å²) in [5.74, 6) is -0.371. The lowest BCUT2D eigenvalue weighted by Crippen LogP contribution is -1.96.